The minimum Gasteiger partial charge on any atom is -0.309 e. The molecule has 0 aliphatic heterocycles. The topological polar surface area (TPSA) is 3.24 Å². The predicted molar refractivity (Wildman–Crippen MR) is 197 cm³/mol. The summed E-state index contributed by atoms with van der Waals surface area (Å²) in [5.41, 5.74) is 11.8. The van der Waals surface area contributed by atoms with E-state index in [1.807, 2.05) is 0 Å². The van der Waals surface area contributed by atoms with Crippen LogP contribution >= 0.6 is 0 Å². The monoisotopic (exact) mass is 589 g/mol. The average molecular weight is 590 g/mol. The number of anilines is 3. The van der Waals surface area contributed by atoms with Crippen molar-refractivity contribution in [2.24, 2.45) is 0 Å². The van der Waals surface area contributed by atoms with E-state index in [-0.39, 0.29) is 5.41 Å². The van der Waals surface area contributed by atoms with Crippen LogP contribution in [0.4, 0.5) is 17.1 Å². The molecule has 0 unspecified atom stereocenters. The largest absolute Gasteiger partial charge is 0.309 e. The molecule has 0 amide bonds. The first-order valence-electron chi connectivity index (χ1n) is 16.4. The van der Waals surface area contributed by atoms with Crippen LogP contribution in [0.1, 0.15) is 37.8 Å². The van der Waals surface area contributed by atoms with Crippen LogP contribution in [0.25, 0.3) is 49.0 Å². The van der Waals surface area contributed by atoms with E-state index in [1.165, 1.54) is 77.2 Å². The molecule has 7 aromatic carbocycles. The first-order chi connectivity index (χ1) is 22.6. The molecule has 220 valence electrons. The summed E-state index contributed by atoms with van der Waals surface area (Å²) in [6.45, 7) is 4.83. The lowest BCUT2D eigenvalue weighted by Crippen LogP contribution is -2.18. The Labute approximate surface area is 270 Å². The molecular weight excluding hydrogens is 555 g/mol. The second-order valence-corrected chi connectivity index (χ2v) is 13.2. The van der Waals surface area contributed by atoms with Gasteiger partial charge in [-0.25, -0.2) is 0 Å². The van der Waals surface area contributed by atoms with Gasteiger partial charge in [0, 0.05) is 21.9 Å². The van der Waals surface area contributed by atoms with Gasteiger partial charge in [0.05, 0.1) is 17.1 Å². The Hall–Kier alpha value is -5.40. The zero-order valence-electron chi connectivity index (χ0n) is 26.3. The van der Waals surface area contributed by atoms with Crippen LogP contribution < -0.4 is 4.90 Å². The lowest BCUT2D eigenvalue weighted by atomic mass is 9.78. The van der Waals surface area contributed by atoms with Crippen LogP contribution in [-0.2, 0) is 5.41 Å². The zero-order chi connectivity index (χ0) is 30.8. The molecule has 0 saturated heterocycles. The minimum absolute atomic E-state index is 0.0162. The van der Waals surface area contributed by atoms with Gasteiger partial charge >= 0.3 is 0 Å². The molecule has 0 saturated carbocycles. The number of allylic oxidation sites excluding steroid dienone is 4. The van der Waals surface area contributed by atoms with Gasteiger partial charge in [-0.3, -0.25) is 0 Å². The Morgan fingerprint density at radius 3 is 2.11 bits per heavy atom. The lowest BCUT2D eigenvalue weighted by molar-refractivity contribution is 0.607. The van der Waals surface area contributed by atoms with Crippen LogP contribution in [0.15, 0.2) is 157 Å². The summed E-state index contributed by atoms with van der Waals surface area (Å²) in [4.78, 5) is 2.57. The maximum absolute atomic E-state index is 2.57. The standard InChI is InChI=1S/C45H35N/c1-45(2)39-23-12-10-22-37(39)44-40(45)24-14-26-42(44)46(41-25-13-11-19-33(41)30-15-4-3-5-16-30)43-29-38-32-18-7-6-17-31(32)27-28-35(38)34-20-8-9-21-36(34)43/h3-11,13-22,24-29H,12,23H2,1-2H3. The molecule has 1 nitrogen and oxygen atoms in total. The van der Waals surface area contributed by atoms with E-state index in [0.29, 0.717) is 0 Å². The molecule has 9 rings (SSSR count). The fraction of sp³-hybridized carbons (Fsp3) is 0.111. The molecular formula is C45H35N. The second-order valence-electron chi connectivity index (χ2n) is 13.2. The maximum atomic E-state index is 2.57. The van der Waals surface area contributed by atoms with Crippen molar-refractivity contribution in [3.63, 3.8) is 0 Å². The molecule has 0 radical (unpaired) electrons. The Morgan fingerprint density at radius 2 is 1.24 bits per heavy atom. The number of hydrogen-bond acceptors (Lipinski definition) is 1. The molecule has 0 N–H and O–H groups in total. The van der Waals surface area contributed by atoms with Gasteiger partial charge in [0.15, 0.2) is 0 Å². The van der Waals surface area contributed by atoms with Gasteiger partial charge in [0.1, 0.15) is 0 Å². The Morgan fingerprint density at radius 1 is 0.543 bits per heavy atom. The van der Waals surface area contributed by atoms with E-state index in [1.54, 1.807) is 5.57 Å². The van der Waals surface area contributed by atoms with E-state index in [2.05, 4.69) is 170 Å². The number of fused-ring (bicyclic) bond motifs is 7. The number of rotatable bonds is 4. The van der Waals surface area contributed by atoms with Crippen LogP contribution in [0.2, 0.25) is 0 Å². The molecule has 2 aliphatic rings. The number of para-hydroxylation sites is 1. The highest BCUT2D eigenvalue weighted by Gasteiger charge is 2.39. The Balaban J connectivity index is 1.44. The summed E-state index contributed by atoms with van der Waals surface area (Å²) in [5, 5.41) is 7.62. The molecule has 0 heterocycles. The summed E-state index contributed by atoms with van der Waals surface area (Å²) >= 11 is 0. The summed E-state index contributed by atoms with van der Waals surface area (Å²) in [5.74, 6) is 0. The second kappa shape index (κ2) is 10.3. The van der Waals surface area contributed by atoms with Gasteiger partial charge in [0.25, 0.3) is 0 Å². The SMILES string of the molecule is CC1(C)C2=C(C=CCC2)c2c(N(c3ccccc3-c3ccccc3)c3cc4c5ccccc5ccc4c4ccccc34)cccc21. The van der Waals surface area contributed by atoms with Crippen LogP contribution in [-0.4, -0.2) is 0 Å². The quantitative estimate of drug-likeness (QED) is 0.185. The Kier molecular flexibility index (Phi) is 6.05. The van der Waals surface area contributed by atoms with Gasteiger partial charge in [-0.15, -0.1) is 0 Å². The van der Waals surface area contributed by atoms with Gasteiger partial charge in [0.2, 0.25) is 0 Å². The van der Waals surface area contributed by atoms with E-state index >= 15 is 0 Å². The molecule has 7 aromatic rings. The maximum Gasteiger partial charge on any atom is 0.0547 e. The highest BCUT2D eigenvalue weighted by molar-refractivity contribution is 6.22. The zero-order valence-corrected chi connectivity index (χ0v) is 26.3. The van der Waals surface area contributed by atoms with Crippen LogP contribution in [0, 0.1) is 0 Å². The van der Waals surface area contributed by atoms with Gasteiger partial charge in [-0.05, 0) is 74.7 Å². The van der Waals surface area contributed by atoms with Crippen molar-refractivity contribution in [3.8, 4) is 11.1 Å². The summed E-state index contributed by atoms with van der Waals surface area (Å²) in [7, 11) is 0. The van der Waals surface area contributed by atoms with Gasteiger partial charge in [-0.2, -0.15) is 0 Å². The molecule has 46 heavy (non-hydrogen) atoms. The smallest absolute Gasteiger partial charge is 0.0547 e. The summed E-state index contributed by atoms with van der Waals surface area (Å²) < 4.78 is 0. The highest BCUT2D eigenvalue weighted by Crippen LogP contribution is 2.56. The van der Waals surface area contributed by atoms with E-state index in [9.17, 15) is 0 Å². The van der Waals surface area contributed by atoms with E-state index < -0.39 is 0 Å². The normalized spacial score (nSPS) is 15.0. The lowest BCUT2D eigenvalue weighted by Gasteiger charge is -2.32. The highest BCUT2D eigenvalue weighted by atomic mass is 15.1. The third kappa shape index (κ3) is 3.95. The molecule has 0 aromatic heterocycles. The molecule has 2 aliphatic carbocycles. The van der Waals surface area contributed by atoms with Crippen molar-refractivity contribution in [1.82, 2.24) is 0 Å². The van der Waals surface area contributed by atoms with Crippen molar-refractivity contribution < 1.29 is 0 Å². The minimum atomic E-state index is -0.0162. The van der Waals surface area contributed by atoms with Gasteiger partial charge < -0.3 is 4.90 Å². The van der Waals surface area contributed by atoms with Crippen molar-refractivity contribution >= 4 is 55.0 Å². The fourth-order valence-corrected chi connectivity index (χ4v) is 8.19. The Bertz CT molecular complexity index is 2390. The van der Waals surface area contributed by atoms with Crippen molar-refractivity contribution in [3.05, 3.63) is 168 Å². The van der Waals surface area contributed by atoms with Crippen molar-refractivity contribution in [2.45, 2.75) is 32.1 Å². The number of benzene rings is 7. The van der Waals surface area contributed by atoms with Crippen molar-refractivity contribution in [2.75, 3.05) is 4.90 Å². The van der Waals surface area contributed by atoms with E-state index in [4.69, 9.17) is 0 Å². The third-order valence-corrected chi connectivity index (χ3v) is 10.4. The average Bonchev–Trinajstić information content (AvgIpc) is 3.35. The number of nitrogens with zero attached hydrogens (tertiary/aromatic N) is 1. The third-order valence-electron chi connectivity index (χ3n) is 10.4. The first-order valence-corrected chi connectivity index (χ1v) is 16.4. The molecule has 0 fully saturated rings. The molecule has 0 spiro atoms. The summed E-state index contributed by atoms with van der Waals surface area (Å²) in [6, 6.07) is 51.5. The molecule has 1 heteroatoms. The first kappa shape index (κ1) is 27.0. The fourth-order valence-electron chi connectivity index (χ4n) is 8.19. The molecule has 0 bridgehead atoms. The number of hydrogen-bond donors (Lipinski definition) is 0. The van der Waals surface area contributed by atoms with Crippen LogP contribution in [0.3, 0.4) is 0 Å². The molecule has 0 atom stereocenters. The van der Waals surface area contributed by atoms with Crippen LogP contribution in [0.5, 0.6) is 0 Å². The van der Waals surface area contributed by atoms with Gasteiger partial charge in [-0.1, -0.05) is 153 Å². The van der Waals surface area contributed by atoms with Crippen molar-refractivity contribution in [1.29, 1.82) is 0 Å². The predicted octanol–water partition coefficient (Wildman–Crippen LogP) is 12.7. The van der Waals surface area contributed by atoms with E-state index in [0.717, 1.165) is 12.8 Å². The summed E-state index contributed by atoms with van der Waals surface area (Å²) in [6.07, 6.45) is 6.97.